The summed E-state index contributed by atoms with van der Waals surface area (Å²) < 4.78 is 5.22. The molecule has 0 saturated carbocycles. The van der Waals surface area contributed by atoms with Gasteiger partial charge >= 0.3 is 0 Å². The van der Waals surface area contributed by atoms with Crippen LogP contribution in [0, 0.1) is 6.92 Å². The zero-order valence-corrected chi connectivity index (χ0v) is 5.77. The number of aromatic amines is 1. The Bertz CT molecular complexity index is 181. The molecule has 0 atom stereocenters. The highest BCUT2D eigenvalue weighted by Gasteiger charge is 1.95. The smallest absolute Gasteiger partial charge is 0.193 e. The molecule has 0 amide bonds. The number of hydrogen-bond donors (Lipinski definition) is 1. The third-order valence-electron chi connectivity index (χ3n) is 1.19. The predicted octanol–water partition coefficient (Wildman–Crippen LogP) is 1.72. The van der Waals surface area contributed by atoms with Crippen molar-refractivity contribution in [1.82, 2.24) is 4.98 Å². The standard InChI is InChI=1S/C7H11NO/c1-3-9-7-6(2)4-5-8-7/h4-5,8H,3H2,1-2H3. The predicted molar refractivity (Wildman–Crippen MR) is 36.7 cm³/mol. The first kappa shape index (κ1) is 6.20. The van der Waals surface area contributed by atoms with Gasteiger partial charge in [-0.15, -0.1) is 0 Å². The van der Waals surface area contributed by atoms with E-state index in [-0.39, 0.29) is 0 Å². The Labute approximate surface area is 54.8 Å². The van der Waals surface area contributed by atoms with Gasteiger partial charge in [0.2, 0.25) is 0 Å². The van der Waals surface area contributed by atoms with E-state index < -0.39 is 0 Å². The number of aromatic nitrogens is 1. The lowest BCUT2D eigenvalue weighted by Crippen LogP contribution is -1.92. The summed E-state index contributed by atoms with van der Waals surface area (Å²) in [6, 6.07) is 1.99. The van der Waals surface area contributed by atoms with Gasteiger partial charge in [-0.1, -0.05) is 0 Å². The van der Waals surface area contributed by atoms with Crippen molar-refractivity contribution in [3.05, 3.63) is 17.8 Å². The Hall–Kier alpha value is -0.920. The van der Waals surface area contributed by atoms with Gasteiger partial charge in [-0.2, -0.15) is 0 Å². The average molecular weight is 125 g/mol. The van der Waals surface area contributed by atoms with Crippen LogP contribution in [0.4, 0.5) is 0 Å². The van der Waals surface area contributed by atoms with Gasteiger partial charge in [-0.25, -0.2) is 0 Å². The van der Waals surface area contributed by atoms with Crippen LogP contribution in [0.2, 0.25) is 0 Å². The Morgan fingerprint density at radius 2 is 2.44 bits per heavy atom. The van der Waals surface area contributed by atoms with Crippen molar-refractivity contribution in [2.75, 3.05) is 6.61 Å². The van der Waals surface area contributed by atoms with Crippen molar-refractivity contribution < 1.29 is 4.74 Å². The molecule has 1 rings (SSSR count). The van der Waals surface area contributed by atoms with Gasteiger partial charge in [0.1, 0.15) is 0 Å². The quantitative estimate of drug-likeness (QED) is 0.639. The molecule has 0 saturated heterocycles. The zero-order valence-electron chi connectivity index (χ0n) is 5.77. The molecule has 0 spiro atoms. The fraction of sp³-hybridized carbons (Fsp3) is 0.429. The molecule has 0 bridgehead atoms. The molecule has 50 valence electrons. The highest BCUT2D eigenvalue weighted by molar-refractivity contribution is 5.23. The van der Waals surface area contributed by atoms with Crippen molar-refractivity contribution in [3.8, 4) is 5.88 Å². The SMILES string of the molecule is CCOc1[nH]ccc1C. The maximum absolute atomic E-state index is 5.22. The van der Waals surface area contributed by atoms with Crippen LogP contribution in [0.3, 0.4) is 0 Å². The highest BCUT2D eigenvalue weighted by atomic mass is 16.5. The maximum atomic E-state index is 5.22. The van der Waals surface area contributed by atoms with Crippen LogP contribution in [0.1, 0.15) is 12.5 Å². The highest BCUT2D eigenvalue weighted by Crippen LogP contribution is 2.12. The lowest BCUT2D eigenvalue weighted by molar-refractivity contribution is 0.326. The number of hydrogen-bond acceptors (Lipinski definition) is 1. The second-order valence-corrected chi connectivity index (χ2v) is 1.92. The molecule has 1 heterocycles. The molecule has 1 N–H and O–H groups in total. The summed E-state index contributed by atoms with van der Waals surface area (Å²) in [5, 5.41) is 0. The van der Waals surface area contributed by atoms with Crippen LogP contribution >= 0.6 is 0 Å². The lowest BCUT2D eigenvalue weighted by Gasteiger charge is -1.98. The van der Waals surface area contributed by atoms with Gasteiger partial charge < -0.3 is 9.72 Å². The fourth-order valence-electron chi connectivity index (χ4n) is 0.732. The van der Waals surface area contributed by atoms with Crippen LogP contribution in [0.5, 0.6) is 5.88 Å². The van der Waals surface area contributed by atoms with E-state index in [1.165, 1.54) is 0 Å². The normalized spacial score (nSPS) is 9.56. The Morgan fingerprint density at radius 1 is 1.67 bits per heavy atom. The molecule has 2 heteroatoms. The molecule has 9 heavy (non-hydrogen) atoms. The monoisotopic (exact) mass is 125 g/mol. The second-order valence-electron chi connectivity index (χ2n) is 1.92. The van der Waals surface area contributed by atoms with Crippen molar-refractivity contribution in [2.24, 2.45) is 0 Å². The first-order valence-electron chi connectivity index (χ1n) is 3.11. The Kier molecular flexibility index (Phi) is 1.78. The molecule has 0 radical (unpaired) electrons. The summed E-state index contributed by atoms with van der Waals surface area (Å²) in [5.74, 6) is 0.887. The Balaban J connectivity index is 2.69. The van der Waals surface area contributed by atoms with E-state index in [2.05, 4.69) is 4.98 Å². The molecule has 0 aliphatic rings. The third-order valence-corrected chi connectivity index (χ3v) is 1.19. The summed E-state index contributed by atoms with van der Waals surface area (Å²) in [6.45, 7) is 4.71. The molecule has 1 aromatic heterocycles. The van der Waals surface area contributed by atoms with Gasteiger partial charge in [-0.05, 0) is 19.9 Å². The fourth-order valence-corrected chi connectivity index (χ4v) is 0.732. The minimum absolute atomic E-state index is 0.724. The first-order chi connectivity index (χ1) is 4.34. The van der Waals surface area contributed by atoms with Gasteiger partial charge in [0.05, 0.1) is 6.61 Å². The van der Waals surface area contributed by atoms with E-state index in [9.17, 15) is 0 Å². The van der Waals surface area contributed by atoms with E-state index in [1.807, 2.05) is 26.1 Å². The van der Waals surface area contributed by atoms with E-state index in [0.29, 0.717) is 0 Å². The summed E-state index contributed by atoms with van der Waals surface area (Å²) in [4.78, 5) is 2.98. The lowest BCUT2D eigenvalue weighted by atomic mass is 10.4. The van der Waals surface area contributed by atoms with Gasteiger partial charge in [0.25, 0.3) is 0 Å². The van der Waals surface area contributed by atoms with E-state index in [0.717, 1.165) is 18.1 Å². The third kappa shape index (κ3) is 1.25. The molecule has 0 fully saturated rings. The second kappa shape index (κ2) is 2.58. The summed E-state index contributed by atoms with van der Waals surface area (Å²) in [6.07, 6.45) is 1.88. The van der Waals surface area contributed by atoms with E-state index >= 15 is 0 Å². The van der Waals surface area contributed by atoms with Gasteiger partial charge in [-0.3, -0.25) is 0 Å². The van der Waals surface area contributed by atoms with E-state index in [4.69, 9.17) is 4.74 Å². The summed E-state index contributed by atoms with van der Waals surface area (Å²) >= 11 is 0. The van der Waals surface area contributed by atoms with Crippen LogP contribution in [-0.2, 0) is 0 Å². The number of rotatable bonds is 2. The summed E-state index contributed by atoms with van der Waals surface area (Å²) in [7, 11) is 0. The minimum atomic E-state index is 0.724. The first-order valence-corrected chi connectivity index (χ1v) is 3.11. The van der Waals surface area contributed by atoms with Gasteiger partial charge in [0, 0.05) is 11.8 Å². The molecule has 0 unspecified atom stereocenters. The minimum Gasteiger partial charge on any atom is -0.479 e. The summed E-state index contributed by atoms with van der Waals surface area (Å²) in [5.41, 5.74) is 1.16. The molecule has 1 aromatic rings. The van der Waals surface area contributed by atoms with Crippen molar-refractivity contribution in [2.45, 2.75) is 13.8 Å². The van der Waals surface area contributed by atoms with Gasteiger partial charge in [0.15, 0.2) is 5.88 Å². The molecule has 0 aliphatic carbocycles. The van der Waals surface area contributed by atoms with Crippen molar-refractivity contribution in [1.29, 1.82) is 0 Å². The van der Waals surface area contributed by atoms with Crippen LogP contribution in [-0.4, -0.2) is 11.6 Å². The zero-order chi connectivity index (χ0) is 6.69. The number of aryl methyl sites for hydroxylation is 1. The van der Waals surface area contributed by atoms with Crippen molar-refractivity contribution in [3.63, 3.8) is 0 Å². The van der Waals surface area contributed by atoms with Crippen molar-refractivity contribution >= 4 is 0 Å². The van der Waals surface area contributed by atoms with Crippen LogP contribution < -0.4 is 4.74 Å². The topological polar surface area (TPSA) is 25.0 Å². The van der Waals surface area contributed by atoms with Crippen LogP contribution in [0.15, 0.2) is 12.3 Å². The van der Waals surface area contributed by atoms with Crippen LogP contribution in [0.25, 0.3) is 0 Å². The maximum Gasteiger partial charge on any atom is 0.193 e. The molecular formula is C7H11NO. The molecule has 0 aromatic carbocycles. The van der Waals surface area contributed by atoms with E-state index in [1.54, 1.807) is 0 Å². The number of ether oxygens (including phenoxy) is 1. The molecule has 0 aliphatic heterocycles. The largest absolute Gasteiger partial charge is 0.479 e. The average Bonchev–Trinajstić information content (AvgIpc) is 2.18. The molecule has 2 nitrogen and oxygen atoms in total. The number of H-pyrrole nitrogens is 1. The number of nitrogens with one attached hydrogen (secondary N) is 1. The molecular weight excluding hydrogens is 114 g/mol. The Morgan fingerprint density at radius 3 is 2.89 bits per heavy atom.